The molecule has 0 saturated carbocycles. The van der Waals surface area contributed by atoms with E-state index in [0.29, 0.717) is 5.82 Å². The van der Waals surface area contributed by atoms with Crippen molar-refractivity contribution in [1.29, 1.82) is 0 Å². The molecule has 0 atom stereocenters. The third-order valence-corrected chi connectivity index (χ3v) is 1.53. The van der Waals surface area contributed by atoms with Crippen LogP contribution >= 0.6 is 12.6 Å². The molecule has 1 aromatic rings. The van der Waals surface area contributed by atoms with Gasteiger partial charge in [0.15, 0.2) is 0 Å². The lowest BCUT2D eigenvalue weighted by Gasteiger charge is -1.92. The zero-order valence-electron chi connectivity index (χ0n) is 6.64. The predicted octanol–water partition coefficient (Wildman–Crippen LogP) is 1.39. The number of hydrogen-bond acceptors (Lipinski definition) is 4. The molecule has 0 bridgehead atoms. The maximum Gasteiger partial charge on any atom is 0.141 e. The highest BCUT2D eigenvalue weighted by Crippen LogP contribution is 1.99. The number of anilines is 1. The number of rotatable bonds is 3. The fourth-order valence-electron chi connectivity index (χ4n) is 0.713. The van der Waals surface area contributed by atoms with Crippen LogP contribution < -0.4 is 5.73 Å². The molecular weight excluding hydrogens is 170 g/mol. The van der Waals surface area contributed by atoms with Gasteiger partial charge < -0.3 is 5.73 Å². The molecule has 1 heterocycles. The van der Waals surface area contributed by atoms with E-state index < -0.39 is 0 Å². The summed E-state index contributed by atoms with van der Waals surface area (Å²) >= 11 is 4.08. The van der Waals surface area contributed by atoms with Crippen LogP contribution in [0, 0.1) is 0 Å². The number of aromatic nitrogens is 2. The van der Waals surface area contributed by atoms with Crippen molar-refractivity contribution in [3.05, 3.63) is 24.2 Å². The molecule has 1 rings (SSSR count). The first-order chi connectivity index (χ1) is 5.83. The fraction of sp³-hybridized carbons (Fsp3) is 0.250. The van der Waals surface area contributed by atoms with Gasteiger partial charge in [-0.05, 0) is 18.2 Å². The summed E-state index contributed by atoms with van der Waals surface area (Å²) in [4.78, 5) is 7.95. The van der Waals surface area contributed by atoms with Crippen LogP contribution in [0.4, 0.5) is 5.82 Å². The fourth-order valence-corrected chi connectivity index (χ4v) is 0.862. The van der Waals surface area contributed by atoms with Crippen LogP contribution in [-0.4, -0.2) is 15.7 Å². The van der Waals surface area contributed by atoms with Crippen LogP contribution in [0.2, 0.25) is 0 Å². The molecule has 2 N–H and O–H groups in total. The molecule has 0 fully saturated rings. The van der Waals surface area contributed by atoms with Gasteiger partial charge in [0.05, 0.1) is 18.1 Å². The van der Waals surface area contributed by atoms with E-state index in [1.807, 2.05) is 12.2 Å². The van der Waals surface area contributed by atoms with E-state index >= 15 is 0 Å². The Hall–Kier alpha value is -1.03. The summed E-state index contributed by atoms with van der Waals surface area (Å²) in [6, 6.07) is 0. The normalized spacial score (nSPS) is 10.8. The van der Waals surface area contributed by atoms with Crippen molar-refractivity contribution < 1.29 is 0 Å². The van der Waals surface area contributed by atoms with Gasteiger partial charge in [0.25, 0.3) is 0 Å². The van der Waals surface area contributed by atoms with Crippen LogP contribution in [0.25, 0.3) is 6.08 Å². The van der Waals surface area contributed by atoms with Gasteiger partial charge in [-0.1, -0.05) is 6.08 Å². The SMILES string of the molecule is Nc1cnc(C=CCCS)cn1. The number of allylic oxidation sites excluding steroid dienone is 1. The van der Waals surface area contributed by atoms with Crippen molar-refractivity contribution in [2.24, 2.45) is 0 Å². The van der Waals surface area contributed by atoms with Crippen molar-refractivity contribution in [3.63, 3.8) is 0 Å². The van der Waals surface area contributed by atoms with Crippen LogP contribution in [0.3, 0.4) is 0 Å². The van der Waals surface area contributed by atoms with E-state index in [1.165, 1.54) is 0 Å². The van der Waals surface area contributed by atoms with Crippen LogP contribution in [-0.2, 0) is 0 Å². The van der Waals surface area contributed by atoms with Crippen molar-refractivity contribution in [2.45, 2.75) is 6.42 Å². The molecule has 64 valence electrons. The smallest absolute Gasteiger partial charge is 0.141 e. The quantitative estimate of drug-likeness (QED) is 0.693. The topological polar surface area (TPSA) is 51.8 Å². The lowest BCUT2D eigenvalue weighted by molar-refractivity contribution is 1.18. The highest BCUT2D eigenvalue weighted by atomic mass is 32.1. The molecule has 12 heavy (non-hydrogen) atoms. The summed E-state index contributed by atoms with van der Waals surface area (Å²) in [6.07, 6.45) is 8.04. The second-order valence-electron chi connectivity index (χ2n) is 2.28. The molecule has 1 aromatic heterocycles. The monoisotopic (exact) mass is 181 g/mol. The second kappa shape index (κ2) is 4.77. The zero-order chi connectivity index (χ0) is 8.81. The predicted molar refractivity (Wildman–Crippen MR) is 53.9 cm³/mol. The lowest BCUT2D eigenvalue weighted by atomic mass is 10.3. The molecule has 0 spiro atoms. The summed E-state index contributed by atoms with van der Waals surface area (Å²) in [7, 11) is 0. The first-order valence-corrected chi connectivity index (χ1v) is 4.31. The number of hydrogen-bond donors (Lipinski definition) is 2. The molecule has 0 aromatic carbocycles. The summed E-state index contributed by atoms with van der Waals surface area (Å²) < 4.78 is 0. The Morgan fingerprint density at radius 3 is 2.83 bits per heavy atom. The first kappa shape index (κ1) is 9.06. The van der Waals surface area contributed by atoms with Crippen molar-refractivity contribution in [2.75, 3.05) is 11.5 Å². The first-order valence-electron chi connectivity index (χ1n) is 3.68. The highest BCUT2D eigenvalue weighted by molar-refractivity contribution is 7.80. The van der Waals surface area contributed by atoms with Gasteiger partial charge in [0, 0.05) is 0 Å². The Kier molecular flexibility index (Phi) is 3.60. The van der Waals surface area contributed by atoms with E-state index in [0.717, 1.165) is 17.9 Å². The minimum absolute atomic E-state index is 0.446. The molecular formula is C8H11N3S. The van der Waals surface area contributed by atoms with Gasteiger partial charge in [0.2, 0.25) is 0 Å². The van der Waals surface area contributed by atoms with Gasteiger partial charge in [-0.15, -0.1) is 0 Å². The van der Waals surface area contributed by atoms with E-state index in [4.69, 9.17) is 5.73 Å². The van der Waals surface area contributed by atoms with Gasteiger partial charge in [-0.3, -0.25) is 4.98 Å². The average Bonchev–Trinajstić information content (AvgIpc) is 2.09. The molecule has 4 heteroatoms. The molecule has 0 radical (unpaired) electrons. The average molecular weight is 181 g/mol. The summed E-state index contributed by atoms with van der Waals surface area (Å²) in [5, 5.41) is 0. The van der Waals surface area contributed by atoms with E-state index in [2.05, 4.69) is 22.6 Å². The summed E-state index contributed by atoms with van der Waals surface area (Å²) in [5.74, 6) is 1.29. The van der Waals surface area contributed by atoms with Gasteiger partial charge in [0.1, 0.15) is 5.82 Å². The maximum atomic E-state index is 5.37. The van der Waals surface area contributed by atoms with Crippen LogP contribution in [0.15, 0.2) is 18.5 Å². The van der Waals surface area contributed by atoms with Crippen molar-refractivity contribution in [1.82, 2.24) is 9.97 Å². The van der Waals surface area contributed by atoms with Crippen LogP contribution in [0.5, 0.6) is 0 Å². The summed E-state index contributed by atoms with van der Waals surface area (Å²) in [5.41, 5.74) is 6.20. The third-order valence-electron chi connectivity index (χ3n) is 1.28. The zero-order valence-corrected chi connectivity index (χ0v) is 7.54. The molecule has 0 unspecified atom stereocenters. The largest absolute Gasteiger partial charge is 0.382 e. The molecule has 0 saturated heterocycles. The number of thiol groups is 1. The van der Waals surface area contributed by atoms with Crippen molar-refractivity contribution in [3.8, 4) is 0 Å². The molecule has 0 amide bonds. The molecule has 3 nitrogen and oxygen atoms in total. The standard InChI is InChI=1S/C8H11N3S/c9-8-6-10-7(5-11-8)3-1-2-4-12/h1,3,5-6,12H,2,4H2,(H2,9,11). The van der Waals surface area contributed by atoms with E-state index in [9.17, 15) is 0 Å². The lowest BCUT2D eigenvalue weighted by Crippen LogP contribution is -1.91. The number of nitrogen functional groups attached to an aromatic ring is 1. The molecule has 0 aliphatic heterocycles. The Balaban J connectivity index is 2.58. The molecule has 0 aliphatic rings. The maximum absolute atomic E-state index is 5.37. The van der Waals surface area contributed by atoms with E-state index in [-0.39, 0.29) is 0 Å². The van der Waals surface area contributed by atoms with E-state index in [1.54, 1.807) is 12.4 Å². The number of nitrogens with zero attached hydrogens (tertiary/aromatic N) is 2. The van der Waals surface area contributed by atoms with Gasteiger partial charge in [-0.2, -0.15) is 12.6 Å². The van der Waals surface area contributed by atoms with Gasteiger partial charge in [-0.25, -0.2) is 4.98 Å². The second-order valence-corrected chi connectivity index (χ2v) is 2.73. The Morgan fingerprint density at radius 1 is 1.42 bits per heavy atom. The third kappa shape index (κ3) is 2.92. The minimum Gasteiger partial charge on any atom is -0.382 e. The Bertz CT molecular complexity index is 256. The number of nitrogens with two attached hydrogens (primary N) is 1. The molecule has 0 aliphatic carbocycles. The Labute approximate surface area is 77.1 Å². The summed E-state index contributed by atoms with van der Waals surface area (Å²) in [6.45, 7) is 0. The van der Waals surface area contributed by atoms with Gasteiger partial charge >= 0.3 is 0 Å². The van der Waals surface area contributed by atoms with Crippen molar-refractivity contribution >= 4 is 24.5 Å². The minimum atomic E-state index is 0.446. The highest BCUT2D eigenvalue weighted by Gasteiger charge is 1.87. The Morgan fingerprint density at radius 2 is 2.25 bits per heavy atom. The van der Waals surface area contributed by atoms with Crippen LogP contribution in [0.1, 0.15) is 12.1 Å².